The molecule has 0 heterocycles. The van der Waals surface area contributed by atoms with E-state index in [9.17, 15) is 0 Å². The van der Waals surface area contributed by atoms with Crippen molar-refractivity contribution in [1.82, 2.24) is 0 Å². The Balaban J connectivity index is 2.20. The second-order valence-electron chi connectivity index (χ2n) is 3.53. The van der Waals surface area contributed by atoms with Crippen LogP contribution in [0.1, 0.15) is 18.4 Å². The van der Waals surface area contributed by atoms with Gasteiger partial charge in [-0.15, -0.1) is 0 Å². The van der Waals surface area contributed by atoms with Gasteiger partial charge in [-0.25, -0.2) is 0 Å². The van der Waals surface area contributed by atoms with Crippen molar-refractivity contribution >= 4 is 27.5 Å². The summed E-state index contributed by atoms with van der Waals surface area (Å²) in [4.78, 5) is 0. The lowest BCUT2D eigenvalue weighted by Crippen LogP contribution is -2.12. The van der Waals surface area contributed by atoms with Crippen molar-refractivity contribution in [3.8, 4) is 0 Å². The molecule has 74 valence electrons. The van der Waals surface area contributed by atoms with Crippen LogP contribution in [0.2, 0.25) is 0 Å². The maximum atomic E-state index is 7.33. The number of hydrogen-bond donors (Lipinski definition) is 3. The van der Waals surface area contributed by atoms with Crippen molar-refractivity contribution in [3.63, 3.8) is 0 Å². The first kappa shape index (κ1) is 9.52. The van der Waals surface area contributed by atoms with E-state index in [4.69, 9.17) is 11.1 Å². The van der Waals surface area contributed by atoms with Crippen LogP contribution >= 0.6 is 15.9 Å². The highest BCUT2D eigenvalue weighted by atomic mass is 79.9. The predicted molar refractivity (Wildman–Crippen MR) is 61.8 cm³/mol. The lowest BCUT2D eigenvalue weighted by atomic mass is 10.2. The molecule has 1 aromatic rings. The minimum Gasteiger partial charge on any atom is -0.384 e. The third-order valence-electron chi connectivity index (χ3n) is 2.21. The van der Waals surface area contributed by atoms with E-state index < -0.39 is 0 Å². The number of hydrogen-bond acceptors (Lipinski definition) is 2. The molecule has 2 rings (SSSR count). The summed E-state index contributed by atoms with van der Waals surface area (Å²) in [5, 5.41) is 10.7. The molecule has 4 heteroatoms. The summed E-state index contributed by atoms with van der Waals surface area (Å²) < 4.78 is 0.871. The molecular weight excluding hydrogens is 242 g/mol. The molecule has 14 heavy (non-hydrogen) atoms. The molecule has 0 aliphatic heterocycles. The number of amidine groups is 1. The quantitative estimate of drug-likeness (QED) is 0.572. The van der Waals surface area contributed by atoms with Gasteiger partial charge in [0, 0.05) is 21.8 Å². The number of nitrogens with one attached hydrogen (secondary N) is 2. The standard InChI is InChI=1S/C10H12BrN3/c11-9-5-7(14-6-1-2-6)3-4-8(9)10(12)13/h3-6,14H,1-2H2,(H3,12,13). The molecule has 0 saturated heterocycles. The molecule has 4 N–H and O–H groups in total. The van der Waals surface area contributed by atoms with Crippen LogP contribution in [0.3, 0.4) is 0 Å². The largest absolute Gasteiger partial charge is 0.384 e. The molecular formula is C10H12BrN3. The first-order valence-corrected chi connectivity index (χ1v) is 5.36. The number of nitrogens with two attached hydrogens (primary N) is 1. The zero-order valence-corrected chi connectivity index (χ0v) is 9.26. The molecule has 1 aliphatic rings. The van der Waals surface area contributed by atoms with Gasteiger partial charge in [-0.05, 0) is 47.0 Å². The average molecular weight is 254 g/mol. The van der Waals surface area contributed by atoms with Crippen molar-refractivity contribution in [2.24, 2.45) is 5.73 Å². The van der Waals surface area contributed by atoms with Crippen molar-refractivity contribution in [1.29, 1.82) is 5.41 Å². The van der Waals surface area contributed by atoms with E-state index in [1.165, 1.54) is 12.8 Å². The van der Waals surface area contributed by atoms with Crippen molar-refractivity contribution in [3.05, 3.63) is 28.2 Å². The highest BCUT2D eigenvalue weighted by molar-refractivity contribution is 9.10. The van der Waals surface area contributed by atoms with Crippen molar-refractivity contribution in [2.75, 3.05) is 5.32 Å². The number of halogens is 1. The number of benzene rings is 1. The average Bonchev–Trinajstić information content (AvgIpc) is 2.87. The predicted octanol–water partition coefficient (Wildman–Crippen LogP) is 2.31. The number of nitrogen functional groups attached to an aromatic ring is 1. The fraction of sp³-hybridized carbons (Fsp3) is 0.300. The molecule has 0 atom stereocenters. The van der Waals surface area contributed by atoms with Gasteiger partial charge in [0.15, 0.2) is 0 Å². The van der Waals surface area contributed by atoms with E-state index >= 15 is 0 Å². The second-order valence-corrected chi connectivity index (χ2v) is 4.38. The van der Waals surface area contributed by atoms with Crippen LogP contribution in [0.5, 0.6) is 0 Å². The topological polar surface area (TPSA) is 61.9 Å². The van der Waals surface area contributed by atoms with Gasteiger partial charge in [-0.2, -0.15) is 0 Å². The minimum absolute atomic E-state index is 0.0925. The SMILES string of the molecule is N=C(N)c1ccc(NC2CC2)cc1Br. The summed E-state index contributed by atoms with van der Waals surface area (Å²) in [5.41, 5.74) is 7.24. The van der Waals surface area contributed by atoms with E-state index in [0.29, 0.717) is 6.04 Å². The Morgan fingerprint density at radius 1 is 1.50 bits per heavy atom. The molecule has 1 aromatic carbocycles. The fourth-order valence-corrected chi connectivity index (χ4v) is 1.88. The number of rotatable bonds is 3. The molecule has 0 amide bonds. The van der Waals surface area contributed by atoms with Crippen LogP contribution in [0.25, 0.3) is 0 Å². The lowest BCUT2D eigenvalue weighted by molar-refractivity contribution is 1.15. The third-order valence-corrected chi connectivity index (χ3v) is 2.86. The van der Waals surface area contributed by atoms with Gasteiger partial charge < -0.3 is 11.1 Å². The van der Waals surface area contributed by atoms with Gasteiger partial charge in [0.1, 0.15) is 5.84 Å². The number of anilines is 1. The molecule has 3 nitrogen and oxygen atoms in total. The van der Waals surface area contributed by atoms with Crippen LogP contribution < -0.4 is 11.1 Å². The summed E-state index contributed by atoms with van der Waals surface area (Å²) in [7, 11) is 0. The molecule has 1 fully saturated rings. The first-order chi connectivity index (χ1) is 6.66. The summed E-state index contributed by atoms with van der Waals surface area (Å²) in [6.07, 6.45) is 2.51. The van der Waals surface area contributed by atoms with Gasteiger partial charge in [-0.3, -0.25) is 5.41 Å². The van der Waals surface area contributed by atoms with Gasteiger partial charge in [0.25, 0.3) is 0 Å². The summed E-state index contributed by atoms with van der Waals surface area (Å²) in [6, 6.07) is 6.43. The minimum atomic E-state index is 0.0925. The Hall–Kier alpha value is -1.03. The first-order valence-electron chi connectivity index (χ1n) is 4.57. The van der Waals surface area contributed by atoms with Crippen LogP contribution in [-0.2, 0) is 0 Å². The van der Waals surface area contributed by atoms with E-state index in [1.807, 2.05) is 18.2 Å². The second kappa shape index (κ2) is 3.61. The van der Waals surface area contributed by atoms with Crippen LogP contribution in [0.15, 0.2) is 22.7 Å². The van der Waals surface area contributed by atoms with Crippen molar-refractivity contribution in [2.45, 2.75) is 18.9 Å². The molecule has 1 aliphatic carbocycles. The molecule has 0 aromatic heterocycles. The lowest BCUT2D eigenvalue weighted by Gasteiger charge is -2.07. The highest BCUT2D eigenvalue weighted by Gasteiger charge is 2.20. The van der Waals surface area contributed by atoms with E-state index in [1.54, 1.807) is 0 Å². The normalized spacial score (nSPS) is 15.2. The Labute approximate surface area is 91.3 Å². The van der Waals surface area contributed by atoms with E-state index in [-0.39, 0.29) is 5.84 Å². The Bertz CT molecular complexity index is 372. The zero-order chi connectivity index (χ0) is 10.1. The molecule has 0 unspecified atom stereocenters. The fourth-order valence-electron chi connectivity index (χ4n) is 1.29. The van der Waals surface area contributed by atoms with Crippen LogP contribution in [0.4, 0.5) is 5.69 Å². The maximum Gasteiger partial charge on any atom is 0.123 e. The third kappa shape index (κ3) is 2.07. The monoisotopic (exact) mass is 253 g/mol. The summed E-state index contributed by atoms with van der Waals surface area (Å²) >= 11 is 3.40. The van der Waals surface area contributed by atoms with Crippen LogP contribution in [0, 0.1) is 5.41 Å². The molecule has 0 bridgehead atoms. The Kier molecular flexibility index (Phi) is 2.46. The molecule has 1 saturated carbocycles. The highest BCUT2D eigenvalue weighted by Crippen LogP contribution is 2.27. The van der Waals surface area contributed by atoms with Crippen molar-refractivity contribution < 1.29 is 0 Å². The summed E-state index contributed by atoms with van der Waals surface area (Å²) in [6.45, 7) is 0. The molecule has 0 spiro atoms. The van der Waals surface area contributed by atoms with Gasteiger partial charge >= 0.3 is 0 Å². The van der Waals surface area contributed by atoms with Gasteiger partial charge in [-0.1, -0.05) is 0 Å². The summed E-state index contributed by atoms with van der Waals surface area (Å²) in [5.74, 6) is 0.0925. The van der Waals surface area contributed by atoms with E-state index in [2.05, 4.69) is 21.2 Å². The Morgan fingerprint density at radius 3 is 2.71 bits per heavy atom. The smallest absolute Gasteiger partial charge is 0.123 e. The van der Waals surface area contributed by atoms with Gasteiger partial charge in [0.05, 0.1) is 0 Å². The van der Waals surface area contributed by atoms with E-state index in [0.717, 1.165) is 15.7 Å². The zero-order valence-electron chi connectivity index (χ0n) is 7.68. The maximum absolute atomic E-state index is 7.33. The Morgan fingerprint density at radius 2 is 2.21 bits per heavy atom. The van der Waals surface area contributed by atoms with Crippen LogP contribution in [-0.4, -0.2) is 11.9 Å². The molecule has 0 radical (unpaired) electrons. The van der Waals surface area contributed by atoms with Gasteiger partial charge in [0.2, 0.25) is 0 Å².